The number of benzene rings is 2. The number of allylic oxidation sites excluding steroid dienone is 4. The van der Waals surface area contributed by atoms with Crippen LogP contribution < -0.4 is 0 Å². The van der Waals surface area contributed by atoms with Gasteiger partial charge in [-0.25, -0.2) is 9.59 Å². The van der Waals surface area contributed by atoms with Crippen molar-refractivity contribution in [1.29, 1.82) is 0 Å². The molecule has 2 aromatic rings. The smallest absolute Gasteiger partial charge is 0.337 e. The van der Waals surface area contributed by atoms with E-state index in [1.54, 1.807) is 6.07 Å². The molecule has 3 rings (SSSR count). The van der Waals surface area contributed by atoms with E-state index in [0.29, 0.717) is 5.56 Å². The van der Waals surface area contributed by atoms with Crippen LogP contribution in [0.15, 0.2) is 47.5 Å². The van der Waals surface area contributed by atoms with Gasteiger partial charge in [0.25, 0.3) is 0 Å². The number of fused-ring (bicyclic) bond motifs is 3. The molecule has 2 aromatic carbocycles. The molecule has 0 atom stereocenters. The second-order valence-corrected chi connectivity index (χ2v) is 6.57. The third-order valence-electron chi connectivity index (χ3n) is 5.34. The summed E-state index contributed by atoms with van der Waals surface area (Å²) in [5.41, 5.74) is 6.73. The van der Waals surface area contributed by atoms with Crippen molar-refractivity contribution in [3.8, 4) is 11.1 Å². The molecule has 4 nitrogen and oxygen atoms in total. The van der Waals surface area contributed by atoms with E-state index in [-0.39, 0.29) is 11.1 Å². The van der Waals surface area contributed by atoms with Crippen molar-refractivity contribution in [3.05, 3.63) is 69.8 Å². The summed E-state index contributed by atoms with van der Waals surface area (Å²) >= 11 is 0. The summed E-state index contributed by atoms with van der Waals surface area (Å²) < 4.78 is 0. The number of hydrogen-bond acceptors (Lipinski definition) is 2. The number of carboxylic acids is 2. The van der Waals surface area contributed by atoms with Crippen LogP contribution in [0.25, 0.3) is 22.3 Å². The van der Waals surface area contributed by atoms with Gasteiger partial charge in [-0.05, 0) is 72.7 Å². The minimum atomic E-state index is -1.24. The SMILES string of the molecule is CC1=C(C)c2ccccc2-c2c(ccc(C(=O)O)c2C(=O)O)C(C)=C1C. The molecular formula is C22H20O4. The Kier molecular flexibility index (Phi) is 4.28. The number of carboxylic acid groups (broad SMARTS) is 2. The van der Waals surface area contributed by atoms with Crippen LogP contribution in [-0.2, 0) is 0 Å². The van der Waals surface area contributed by atoms with Gasteiger partial charge in [0, 0.05) is 5.56 Å². The van der Waals surface area contributed by atoms with Crippen LogP contribution in [0.4, 0.5) is 0 Å². The van der Waals surface area contributed by atoms with Crippen molar-refractivity contribution in [1.82, 2.24) is 0 Å². The summed E-state index contributed by atoms with van der Waals surface area (Å²) in [5.74, 6) is -2.48. The molecule has 0 heterocycles. The minimum absolute atomic E-state index is 0.165. The monoisotopic (exact) mass is 348 g/mol. The van der Waals surface area contributed by atoms with Crippen molar-refractivity contribution in [2.24, 2.45) is 0 Å². The number of carbonyl (C=O) groups is 2. The highest BCUT2D eigenvalue weighted by molar-refractivity contribution is 6.10. The Morgan fingerprint density at radius 1 is 0.654 bits per heavy atom. The quantitative estimate of drug-likeness (QED) is 0.767. The molecule has 0 fully saturated rings. The Balaban J connectivity index is 2.60. The van der Waals surface area contributed by atoms with Gasteiger partial charge in [-0.2, -0.15) is 0 Å². The van der Waals surface area contributed by atoms with Crippen LogP contribution in [0, 0.1) is 0 Å². The molecule has 0 radical (unpaired) electrons. The first kappa shape index (κ1) is 17.7. The maximum atomic E-state index is 12.0. The second-order valence-electron chi connectivity index (χ2n) is 6.57. The van der Waals surface area contributed by atoms with E-state index in [1.165, 1.54) is 6.07 Å². The van der Waals surface area contributed by atoms with Crippen molar-refractivity contribution >= 4 is 23.1 Å². The lowest BCUT2D eigenvalue weighted by Gasteiger charge is -2.24. The molecule has 0 unspecified atom stereocenters. The fourth-order valence-electron chi connectivity index (χ4n) is 3.59. The number of rotatable bonds is 2. The van der Waals surface area contributed by atoms with E-state index in [1.807, 2.05) is 45.0 Å². The Labute approximate surface area is 152 Å². The van der Waals surface area contributed by atoms with Gasteiger partial charge in [0.15, 0.2) is 0 Å². The summed E-state index contributed by atoms with van der Waals surface area (Å²) in [4.78, 5) is 23.7. The highest BCUT2D eigenvalue weighted by atomic mass is 16.4. The van der Waals surface area contributed by atoms with Gasteiger partial charge in [-0.3, -0.25) is 0 Å². The normalized spacial score (nSPS) is 13.7. The molecule has 2 N–H and O–H groups in total. The minimum Gasteiger partial charge on any atom is -0.478 e. The van der Waals surface area contributed by atoms with E-state index in [4.69, 9.17) is 0 Å². The summed E-state index contributed by atoms with van der Waals surface area (Å²) in [6.45, 7) is 8.03. The molecule has 0 bridgehead atoms. The molecule has 0 spiro atoms. The first-order valence-corrected chi connectivity index (χ1v) is 8.34. The van der Waals surface area contributed by atoms with E-state index in [0.717, 1.165) is 39.0 Å². The van der Waals surface area contributed by atoms with E-state index in [2.05, 4.69) is 6.92 Å². The molecule has 1 aliphatic carbocycles. The van der Waals surface area contributed by atoms with Gasteiger partial charge < -0.3 is 10.2 Å². The van der Waals surface area contributed by atoms with Gasteiger partial charge in [-0.1, -0.05) is 30.3 Å². The van der Waals surface area contributed by atoms with Gasteiger partial charge >= 0.3 is 11.9 Å². The van der Waals surface area contributed by atoms with Crippen LogP contribution in [0.1, 0.15) is 59.5 Å². The largest absolute Gasteiger partial charge is 0.478 e. The van der Waals surface area contributed by atoms with Gasteiger partial charge in [0.2, 0.25) is 0 Å². The molecule has 132 valence electrons. The molecule has 0 aliphatic heterocycles. The standard InChI is InChI=1S/C22H20O4/c1-11-12(2)14(4)16-9-10-18(21(23)24)20(22(25)26)19(16)17-8-6-5-7-15(17)13(11)3/h5-10H,1-4H3,(H,23,24)(H,25,26). The molecule has 26 heavy (non-hydrogen) atoms. The van der Waals surface area contributed by atoms with Crippen molar-refractivity contribution < 1.29 is 19.8 Å². The van der Waals surface area contributed by atoms with Crippen LogP contribution in [0.5, 0.6) is 0 Å². The van der Waals surface area contributed by atoms with Gasteiger partial charge in [0.05, 0.1) is 11.1 Å². The average molecular weight is 348 g/mol. The molecule has 0 aromatic heterocycles. The molecule has 4 heteroatoms. The predicted octanol–water partition coefficient (Wildman–Crippen LogP) is 5.35. The lowest BCUT2D eigenvalue weighted by atomic mass is 9.79. The Morgan fingerprint density at radius 3 is 1.73 bits per heavy atom. The maximum Gasteiger partial charge on any atom is 0.337 e. The van der Waals surface area contributed by atoms with E-state index >= 15 is 0 Å². The fraction of sp³-hybridized carbons (Fsp3) is 0.182. The topological polar surface area (TPSA) is 74.6 Å². The maximum absolute atomic E-state index is 12.0. The summed E-state index contributed by atoms with van der Waals surface area (Å²) in [5, 5.41) is 19.4. The molecule has 0 saturated carbocycles. The zero-order valence-electron chi connectivity index (χ0n) is 15.2. The van der Waals surface area contributed by atoms with Crippen LogP contribution in [0.2, 0.25) is 0 Å². The average Bonchev–Trinajstić information content (AvgIpc) is 2.63. The van der Waals surface area contributed by atoms with E-state index in [9.17, 15) is 19.8 Å². The van der Waals surface area contributed by atoms with Gasteiger partial charge in [-0.15, -0.1) is 0 Å². The molecule has 1 aliphatic rings. The third-order valence-corrected chi connectivity index (χ3v) is 5.34. The predicted molar refractivity (Wildman–Crippen MR) is 102 cm³/mol. The first-order valence-electron chi connectivity index (χ1n) is 8.34. The molecule has 0 saturated heterocycles. The first-order chi connectivity index (χ1) is 12.3. The summed E-state index contributed by atoms with van der Waals surface area (Å²) in [7, 11) is 0. The Hall–Kier alpha value is -3.14. The van der Waals surface area contributed by atoms with Crippen molar-refractivity contribution in [2.45, 2.75) is 27.7 Å². The molecular weight excluding hydrogens is 328 g/mol. The fourth-order valence-corrected chi connectivity index (χ4v) is 3.59. The van der Waals surface area contributed by atoms with Crippen LogP contribution in [0.3, 0.4) is 0 Å². The lowest BCUT2D eigenvalue weighted by molar-refractivity contribution is 0.0652. The summed E-state index contributed by atoms with van der Waals surface area (Å²) in [6, 6.07) is 10.7. The Morgan fingerprint density at radius 2 is 1.19 bits per heavy atom. The zero-order chi connectivity index (χ0) is 19.2. The molecule has 0 amide bonds. The lowest BCUT2D eigenvalue weighted by Crippen LogP contribution is -2.13. The Bertz CT molecular complexity index is 1020. The second kappa shape index (κ2) is 6.30. The van der Waals surface area contributed by atoms with Crippen LogP contribution in [-0.4, -0.2) is 22.2 Å². The number of aromatic carboxylic acids is 2. The van der Waals surface area contributed by atoms with E-state index < -0.39 is 11.9 Å². The van der Waals surface area contributed by atoms with Gasteiger partial charge in [0.1, 0.15) is 0 Å². The highest BCUT2D eigenvalue weighted by Gasteiger charge is 2.27. The van der Waals surface area contributed by atoms with Crippen LogP contribution >= 0.6 is 0 Å². The number of hydrogen-bond donors (Lipinski definition) is 2. The van der Waals surface area contributed by atoms with Crippen molar-refractivity contribution in [2.75, 3.05) is 0 Å². The van der Waals surface area contributed by atoms with Crippen molar-refractivity contribution in [3.63, 3.8) is 0 Å². The summed E-state index contributed by atoms with van der Waals surface area (Å²) in [6.07, 6.45) is 0. The third kappa shape index (κ3) is 2.54. The highest BCUT2D eigenvalue weighted by Crippen LogP contribution is 2.43. The zero-order valence-corrected chi connectivity index (χ0v) is 15.2.